The standard InChI is InChI=1S/C9H8Cl2F3NO2/c10-3-1-4(7(16)5(11)2-3)6(15)8(17)9(12,13)14/h1-2,6,8,16-17H,15H2/t6-,8-/m1/s1. The van der Waals surface area contributed by atoms with Gasteiger partial charge in [0.2, 0.25) is 0 Å². The summed E-state index contributed by atoms with van der Waals surface area (Å²) in [6, 6.07) is 0.294. The van der Waals surface area contributed by atoms with Gasteiger partial charge in [0, 0.05) is 10.6 Å². The molecular weight excluding hydrogens is 282 g/mol. The van der Waals surface area contributed by atoms with Crippen molar-refractivity contribution in [2.75, 3.05) is 0 Å². The van der Waals surface area contributed by atoms with Gasteiger partial charge >= 0.3 is 6.18 Å². The first-order valence-electron chi connectivity index (χ1n) is 4.33. The van der Waals surface area contributed by atoms with Crippen molar-refractivity contribution in [2.45, 2.75) is 18.3 Å². The number of halogens is 5. The molecule has 0 saturated heterocycles. The first-order chi connectivity index (χ1) is 7.64. The minimum absolute atomic E-state index is 0.00706. The van der Waals surface area contributed by atoms with Crippen LogP contribution in [0.25, 0.3) is 0 Å². The van der Waals surface area contributed by atoms with Crippen LogP contribution in [-0.4, -0.2) is 22.5 Å². The van der Waals surface area contributed by atoms with Gasteiger partial charge in [0.1, 0.15) is 5.75 Å². The van der Waals surface area contributed by atoms with Crippen molar-refractivity contribution in [3.63, 3.8) is 0 Å². The van der Waals surface area contributed by atoms with Crippen LogP contribution in [0.2, 0.25) is 10.0 Å². The summed E-state index contributed by atoms with van der Waals surface area (Å²) in [6.45, 7) is 0. The maximum atomic E-state index is 12.2. The highest BCUT2D eigenvalue weighted by Crippen LogP contribution is 2.38. The first kappa shape index (κ1) is 14.4. The maximum absolute atomic E-state index is 12.2. The molecule has 0 aromatic heterocycles. The van der Waals surface area contributed by atoms with E-state index in [1.807, 2.05) is 0 Å². The van der Waals surface area contributed by atoms with Crippen molar-refractivity contribution in [1.29, 1.82) is 0 Å². The molecule has 0 bridgehead atoms. The number of aromatic hydroxyl groups is 1. The molecule has 0 saturated carbocycles. The van der Waals surface area contributed by atoms with E-state index in [2.05, 4.69) is 0 Å². The lowest BCUT2D eigenvalue weighted by Crippen LogP contribution is -2.38. The Hall–Kier alpha value is -0.690. The molecule has 17 heavy (non-hydrogen) atoms. The zero-order chi connectivity index (χ0) is 13.4. The van der Waals surface area contributed by atoms with E-state index in [1.54, 1.807) is 0 Å². The summed E-state index contributed by atoms with van der Waals surface area (Å²) in [5, 5.41) is 18.2. The fraction of sp³-hybridized carbons (Fsp3) is 0.333. The molecule has 0 fully saturated rings. The van der Waals surface area contributed by atoms with Crippen LogP contribution in [0.5, 0.6) is 5.75 Å². The van der Waals surface area contributed by atoms with Crippen molar-refractivity contribution >= 4 is 23.2 Å². The monoisotopic (exact) mass is 289 g/mol. The molecule has 0 heterocycles. The number of phenolic OH excluding ortho intramolecular Hbond substituents is 1. The van der Waals surface area contributed by atoms with Crippen LogP contribution in [0.15, 0.2) is 12.1 Å². The fourth-order valence-electron chi connectivity index (χ4n) is 1.21. The van der Waals surface area contributed by atoms with Crippen molar-refractivity contribution < 1.29 is 23.4 Å². The molecule has 8 heteroatoms. The van der Waals surface area contributed by atoms with Crippen molar-refractivity contribution in [3.8, 4) is 5.75 Å². The predicted molar refractivity (Wildman–Crippen MR) is 57.1 cm³/mol. The minimum Gasteiger partial charge on any atom is -0.506 e. The number of rotatable bonds is 2. The van der Waals surface area contributed by atoms with E-state index in [0.29, 0.717) is 0 Å². The summed E-state index contributed by atoms with van der Waals surface area (Å²) in [5.74, 6) is -0.633. The van der Waals surface area contributed by atoms with Gasteiger partial charge in [-0.05, 0) is 12.1 Å². The molecule has 0 spiro atoms. The zero-order valence-electron chi connectivity index (χ0n) is 8.17. The third-order valence-corrected chi connectivity index (χ3v) is 2.60. The van der Waals surface area contributed by atoms with Crippen molar-refractivity contribution in [2.24, 2.45) is 5.73 Å². The second-order valence-corrected chi connectivity index (χ2v) is 4.18. The number of aliphatic hydroxyl groups is 1. The third-order valence-electron chi connectivity index (χ3n) is 2.09. The molecule has 0 unspecified atom stereocenters. The number of aliphatic hydroxyl groups excluding tert-OH is 1. The Morgan fingerprint density at radius 2 is 1.76 bits per heavy atom. The van der Waals surface area contributed by atoms with E-state index >= 15 is 0 Å². The smallest absolute Gasteiger partial charge is 0.416 e. The van der Waals surface area contributed by atoms with E-state index in [4.69, 9.17) is 34.0 Å². The van der Waals surface area contributed by atoms with Gasteiger partial charge in [0.15, 0.2) is 6.10 Å². The average Bonchev–Trinajstić information content (AvgIpc) is 2.20. The Balaban J connectivity index is 3.17. The van der Waals surface area contributed by atoms with Crippen LogP contribution in [-0.2, 0) is 0 Å². The number of hydrogen-bond donors (Lipinski definition) is 3. The highest BCUT2D eigenvalue weighted by Gasteiger charge is 2.43. The van der Waals surface area contributed by atoms with Crippen molar-refractivity contribution in [3.05, 3.63) is 27.7 Å². The van der Waals surface area contributed by atoms with E-state index in [-0.39, 0.29) is 15.6 Å². The lowest BCUT2D eigenvalue weighted by molar-refractivity contribution is -0.210. The number of phenols is 1. The molecule has 0 aliphatic rings. The zero-order valence-corrected chi connectivity index (χ0v) is 9.68. The Kier molecular flexibility index (Phi) is 4.14. The summed E-state index contributed by atoms with van der Waals surface area (Å²) in [4.78, 5) is 0. The molecule has 1 aromatic carbocycles. The van der Waals surface area contributed by atoms with Crippen LogP contribution >= 0.6 is 23.2 Å². The average molecular weight is 290 g/mol. The van der Waals surface area contributed by atoms with Crippen LogP contribution in [0.1, 0.15) is 11.6 Å². The lowest BCUT2D eigenvalue weighted by Gasteiger charge is -2.22. The molecule has 1 aromatic rings. The fourth-order valence-corrected chi connectivity index (χ4v) is 1.72. The molecule has 2 atom stereocenters. The molecule has 1 rings (SSSR count). The topological polar surface area (TPSA) is 66.5 Å². The van der Waals surface area contributed by atoms with E-state index in [1.165, 1.54) is 0 Å². The predicted octanol–water partition coefficient (Wildman–Crippen LogP) is 2.62. The highest BCUT2D eigenvalue weighted by molar-refractivity contribution is 6.35. The van der Waals surface area contributed by atoms with Gasteiger partial charge < -0.3 is 15.9 Å². The summed E-state index contributed by atoms with van der Waals surface area (Å²) in [7, 11) is 0. The maximum Gasteiger partial charge on any atom is 0.416 e. The van der Waals surface area contributed by atoms with Crippen LogP contribution < -0.4 is 5.73 Å². The van der Waals surface area contributed by atoms with Crippen LogP contribution in [0.4, 0.5) is 13.2 Å². The molecule has 3 nitrogen and oxygen atoms in total. The van der Waals surface area contributed by atoms with Gasteiger partial charge in [0.05, 0.1) is 11.1 Å². The summed E-state index contributed by atoms with van der Waals surface area (Å²) in [6.07, 6.45) is -7.72. The van der Waals surface area contributed by atoms with Gasteiger partial charge in [-0.2, -0.15) is 13.2 Å². The molecule has 96 valence electrons. The SMILES string of the molecule is N[C@H](c1cc(Cl)cc(Cl)c1O)[C@@H](O)C(F)(F)F. The highest BCUT2D eigenvalue weighted by atomic mass is 35.5. The summed E-state index contributed by atoms with van der Waals surface area (Å²) >= 11 is 11.1. The van der Waals surface area contributed by atoms with Gasteiger partial charge in [-0.3, -0.25) is 0 Å². The number of hydrogen-bond acceptors (Lipinski definition) is 3. The summed E-state index contributed by atoms with van der Waals surface area (Å²) in [5.41, 5.74) is 4.85. The molecule has 4 N–H and O–H groups in total. The minimum atomic E-state index is -4.90. The van der Waals surface area contributed by atoms with E-state index < -0.39 is 24.1 Å². The van der Waals surface area contributed by atoms with Gasteiger partial charge in [-0.25, -0.2) is 0 Å². The van der Waals surface area contributed by atoms with Crippen LogP contribution in [0.3, 0.4) is 0 Å². The largest absolute Gasteiger partial charge is 0.506 e. The van der Waals surface area contributed by atoms with Gasteiger partial charge in [-0.15, -0.1) is 0 Å². The second-order valence-electron chi connectivity index (χ2n) is 3.34. The Labute approximate surface area is 105 Å². The van der Waals surface area contributed by atoms with Crippen molar-refractivity contribution in [1.82, 2.24) is 0 Å². The normalized spacial score (nSPS) is 15.7. The van der Waals surface area contributed by atoms with E-state index in [0.717, 1.165) is 12.1 Å². The Morgan fingerprint density at radius 1 is 1.24 bits per heavy atom. The quantitative estimate of drug-likeness (QED) is 0.784. The molecule has 0 amide bonds. The molecule has 0 radical (unpaired) electrons. The van der Waals surface area contributed by atoms with Crippen LogP contribution in [0, 0.1) is 0 Å². The number of nitrogens with two attached hydrogens (primary N) is 1. The third kappa shape index (κ3) is 3.16. The summed E-state index contributed by atoms with van der Waals surface area (Å²) < 4.78 is 36.7. The first-order valence-corrected chi connectivity index (χ1v) is 5.08. The Morgan fingerprint density at radius 3 is 2.24 bits per heavy atom. The van der Waals surface area contributed by atoms with Gasteiger partial charge in [0.25, 0.3) is 0 Å². The molecule has 0 aliphatic heterocycles. The Bertz CT molecular complexity index is 425. The van der Waals surface area contributed by atoms with Gasteiger partial charge in [-0.1, -0.05) is 23.2 Å². The second kappa shape index (κ2) is 4.89. The lowest BCUT2D eigenvalue weighted by atomic mass is 10.0. The number of alkyl halides is 3. The molecular formula is C9H8Cl2F3NO2. The van der Waals surface area contributed by atoms with E-state index in [9.17, 15) is 18.3 Å². The molecule has 0 aliphatic carbocycles. The number of benzene rings is 1.